The van der Waals surface area contributed by atoms with Crippen LogP contribution in [0, 0.1) is 11.3 Å². The molecular formula is C17H22N2O3. The number of carbonyl (C=O) groups is 1. The molecule has 3 aliphatic rings. The highest BCUT2D eigenvalue weighted by Gasteiger charge is 2.50. The summed E-state index contributed by atoms with van der Waals surface area (Å²) in [6.07, 6.45) is 7.71. The third-order valence-electron chi connectivity index (χ3n) is 5.17. The largest absolute Gasteiger partial charge is 0.491 e. The monoisotopic (exact) mass is 302 g/mol. The summed E-state index contributed by atoms with van der Waals surface area (Å²) in [5, 5.41) is 0. The summed E-state index contributed by atoms with van der Waals surface area (Å²) in [6.45, 7) is 2.96. The van der Waals surface area contributed by atoms with Crippen LogP contribution in [-0.2, 0) is 9.53 Å². The van der Waals surface area contributed by atoms with Crippen LogP contribution in [0.1, 0.15) is 25.7 Å². The van der Waals surface area contributed by atoms with Crippen LogP contribution in [0.25, 0.3) is 0 Å². The van der Waals surface area contributed by atoms with Crippen molar-refractivity contribution in [2.45, 2.75) is 31.8 Å². The molecule has 2 atom stereocenters. The van der Waals surface area contributed by atoms with Crippen molar-refractivity contribution in [2.75, 3.05) is 26.3 Å². The first-order valence-corrected chi connectivity index (χ1v) is 8.20. The maximum atomic E-state index is 12.4. The summed E-state index contributed by atoms with van der Waals surface area (Å²) in [5.74, 6) is 1.41. The second kappa shape index (κ2) is 5.54. The minimum atomic E-state index is -0.0569. The molecule has 0 aromatic carbocycles. The average molecular weight is 302 g/mol. The fourth-order valence-electron chi connectivity index (χ4n) is 3.69. The predicted octanol–water partition coefficient (Wildman–Crippen LogP) is 1.88. The third-order valence-corrected chi connectivity index (χ3v) is 5.17. The van der Waals surface area contributed by atoms with Gasteiger partial charge in [0, 0.05) is 31.8 Å². The Balaban J connectivity index is 1.47. The fourth-order valence-corrected chi connectivity index (χ4v) is 3.69. The number of carbonyl (C=O) groups excluding carboxylic acids is 1. The molecule has 22 heavy (non-hydrogen) atoms. The summed E-state index contributed by atoms with van der Waals surface area (Å²) in [4.78, 5) is 18.5. The summed E-state index contributed by atoms with van der Waals surface area (Å²) in [6, 6.07) is 3.80. The highest BCUT2D eigenvalue weighted by Crippen LogP contribution is 2.43. The number of piperidine rings is 1. The van der Waals surface area contributed by atoms with Gasteiger partial charge in [-0.15, -0.1) is 0 Å². The van der Waals surface area contributed by atoms with Crippen LogP contribution in [0.3, 0.4) is 0 Å². The van der Waals surface area contributed by atoms with Gasteiger partial charge >= 0.3 is 0 Å². The lowest BCUT2D eigenvalue weighted by molar-refractivity contribution is -0.139. The minimum Gasteiger partial charge on any atom is -0.491 e. The van der Waals surface area contributed by atoms with Crippen LogP contribution < -0.4 is 4.74 Å². The summed E-state index contributed by atoms with van der Waals surface area (Å²) < 4.78 is 11.9. The molecule has 1 saturated carbocycles. The Morgan fingerprint density at radius 3 is 3.14 bits per heavy atom. The minimum absolute atomic E-state index is 0.0569. The first kappa shape index (κ1) is 14.0. The van der Waals surface area contributed by atoms with E-state index in [1.54, 1.807) is 12.4 Å². The lowest BCUT2D eigenvalue weighted by atomic mass is 9.77. The summed E-state index contributed by atoms with van der Waals surface area (Å²) in [5.41, 5.74) is -0.0569. The number of pyridine rings is 1. The Labute approximate surface area is 130 Å². The van der Waals surface area contributed by atoms with Crippen molar-refractivity contribution < 1.29 is 14.3 Å². The molecule has 2 aliphatic heterocycles. The maximum Gasteiger partial charge on any atom is 0.225 e. The van der Waals surface area contributed by atoms with Gasteiger partial charge in [-0.3, -0.25) is 9.78 Å². The quantitative estimate of drug-likeness (QED) is 0.852. The molecule has 5 nitrogen and oxygen atoms in total. The Hall–Kier alpha value is -1.62. The molecule has 0 spiro atoms. The summed E-state index contributed by atoms with van der Waals surface area (Å²) >= 11 is 0. The molecular weight excluding hydrogens is 280 g/mol. The van der Waals surface area contributed by atoms with Crippen molar-refractivity contribution in [3.8, 4) is 5.75 Å². The zero-order chi connectivity index (χ0) is 15.0. The number of aromatic nitrogens is 1. The molecule has 4 rings (SSSR count). The predicted molar refractivity (Wildman–Crippen MR) is 80.4 cm³/mol. The number of likely N-dealkylation sites (tertiary alicyclic amines) is 1. The Morgan fingerprint density at radius 1 is 1.45 bits per heavy atom. The maximum absolute atomic E-state index is 12.4. The zero-order valence-electron chi connectivity index (χ0n) is 12.7. The Bertz CT molecular complexity index is 546. The van der Waals surface area contributed by atoms with Gasteiger partial charge in [-0.2, -0.15) is 0 Å². The van der Waals surface area contributed by atoms with E-state index < -0.39 is 0 Å². The highest BCUT2D eigenvalue weighted by molar-refractivity contribution is 5.81. The number of hydrogen-bond acceptors (Lipinski definition) is 4. The molecule has 1 aliphatic carbocycles. The van der Waals surface area contributed by atoms with Gasteiger partial charge in [0.15, 0.2) is 0 Å². The summed E-state index contributed by atoms with van der Waals surface area (Å²) in [7, 11) is 0. The van der Waals surface area contributed by atoms with E-state index in [1.165, 1.54) is 0 Å². The van der Waals surface area contributed by atoms with E-state index in [2.05, 4.69) is 9.88 Å². The lowest BCUT2D eigenvalue weighted by Crippen LogP contribution is -2.54. The number of hydrogen-bond donors (Lipinski definition) is 0. The topological polar surface area (TPSA) is 51.7 Å². The lowest BCUT2D eigenvalue weighted by Gasteiger charge is -2.43. The van der Waals surface area contributed by atoms with Gasteiger partial charge in [0.05, 0.1) is 24.3 Å². The van der Waals surface area contributed by atoms with E-state index in [-0.39, 0.29) is 17.4 Å². The van der Waals surface area contributed by atoms with E-state index in [9.17, 15) is 4.79 Å². The van der Waals surface area contributed by atoms with E-state index in [1.807, 2.05) is 12.1 Å². The number of ether oxygens (including phenoxy) is 2. The molecule has 1 aromatic heterocycles. The number of amides is 1. The molecule has 0 bridgehead atoms. The molecule has 3 heterocycles. The van der Waals surface area contributed by atoms with Crippen LogP contribution >= 0.6 is 0 Å². The zero-order valence-corrected chi connectivity index (χ0v) is 12.7. The molecule has 1 aromatic rings. The molecule has 0 N–H and O–H groups in total. The molecule has 3 fully saturated rings. The van der Waals surface area contributed by atoms with E-state index in [0.29, 0.717) is 12.5 Å². The van der Waals surface area contributed by atoms with Gasteiger partial charge < -0.3 is 14.4 Å². The normalized spacial score (nSPS) is 30.9. The van der Waals surface area contributed by atoms with Gasteiger partial charge in [0.25, 0.3) is 0 Å². The second-order valence-corrected chi connectivity index (χ2v) is 6.77. The SMILES string of the molecule is O=C(C1CC1)N1CC[C@H]2OCC[C@@]2(COc2cccnc2)C1. The van der Waals surface area contributed by atoms with Crippen LogP contribution in [0.15, 0.2) is 24.5 Å². The van der Waals surface area contributed by atoms with Gasteiger partial charge in [-0.05, 0) is 37.8 Å². The highest BCUT2D eigenvalue weighted by atomic mass is 16.5. The molecule has 0 unspecified atom stereocenters. The standard InChI is InChI=1S/C17H22N2O3/c20-16(13-3-4-13)19-8-5-15-17(11-19,6-9-21-15)12-22-14-2-1-7-18-10-14/h1-2,7,10,13,15H,3-6,8-9,11-12H2/t15-,17+/m1/s1. The molecule has 0 radical (unpaired) electrons. The molecule has 5 heteroatoms. The van der Waals surface area contributed by atoms with Crippen LogP contribution in [0.4, 0.5) is 0 Å². The van der Waals surface area contributed by atoms with Crippen LogP contribution in [-0.4, -0.2) is 48.2 Å². The first-order valence-electron chi connectivity index (χ1n) is 8.20. The van der Waals surface area contributed by atoms with Gasteiger partial charge in [-0.1, -0.05) is 0 Å². The van der Waals surface area contributed by atoms with Crippen molar-refractivity contribution in [3.05, 3.63) is 24.5 Å². The van der Waals surface area contributed by atoms with E-state index >= 15 is 0 Å². The van der Waals surface area contributed by atoms with Crippen molar-refractivity contribution in [1.82, 2.24) is 9.88 Å². The Kier molecular flexibility index (Phi) is 3.53. The van der Waals surface area contributed by atoms with Gasteiger partial charge in [0.2, 0.25) is 5.91 Å². The van der Waals surface area contributed by atoms with E-state index in [4.69, 9.17) is 9.47 Å². The van der Waals surface area contributed by atoms with E-state index in [0.717, 1.165) is 51.1 Å². The van der Waals surface area contributed by atoms with Gasteiger partial charge in [0.1, 0.15) is 5.75 Å². The second-order valence-electron chi connectivity index (χ2n) is 6.77. The van der Waals surface area contributed by atoms with Crippen LogP contribution in [0.2, 0.25) is 0 Å². The van der Waals surface area contributed by atoms with Crippen molar-refractivity contribution >= 4 is 5.91 Å². The van der Waals surface area contributed by atoms with Crippen LogP contribution in [0.5, 0.6) is 5.75 Å². The average Bonchev–Trinajstić information content (AvgIpc) is 3.32. The first-order chi connectivity index (χ1) is 10.8. The van der Waals surface area contributed by atoms with Crippen molar-refractivity contribution in [1.29, 1.82) is 0 Å². The fraction of sp³-hybridized carbons (Fsp3) is 0.647. The number of fused-ring (bicyclic) bond motifs is 1. The third kappa shape index (κ3) is 2.58. The molecule has 118 valence electrons. The Morgan fingerprint density at radius 2 is 2.36 bits per heavy atom. The van der Waals surface area contributed by atoms with Crippen molar-refractivity contribution in [2.24, 2.45) is 11.3 Å². The van der Waals surface area contributed by atoms with Crippen molar-refractivity contribution in [3.63, 3.8) is 0 Å². The smallest absolute Gasteiger partial charge is 0.225 e. The number of nitrogens with zero attached hydrogens (tertiary/aromatic N) is 2. The molecule has 1 amide bonds. The van der Waals surface area contributed by atoms with Gasteiger partial charge in [-0.25, -0.2) is 0 Å². The molecule has 2 saturated heterocycles. The number of rotatable bonds is 4.